The number of hydrogen-bond acceptors (Lipinski definition) is 4. The topological polar surface area (TPSA) is 69.6 Å². The second-order valence-electron chi connectivity index (χ2n) is 0.750. The number of hydrogen-bond donors (Lipinski definition) is 1. The van der Waals surface area contributed by atoms with E-state index in [4.69, 9.17) is 5.11 Å². The van der Waals surface area contributed by atoms with E-state index in [0.717, 1.165) is 0 Å². The van der Waals surface area contributed by atoms with Crippen LogP contribution in [0.1, 0.15) is 2.85 Å². The minimum atomic E-state index is -2.48. The first-order chi connectivity index (χ1) is 3.27. The monoisotopic (exact) mass is 151 g/mol. The van der Waals surface area contributed by atoms with Crippen LogP contribution in [0.3, 0.4) is 0 Å². The molecule has 0 saturated heterocycles. The van der Waals surface area contributed by atoms with Crippen LogP contribution in [0.2, 0.25) is 0 Å². The van der Waals surface area contributed by atoms with Crippen LogP contribution in [0, 0.1) is 0 Å². The molecule has 48 valence electrons. The van der Waals surface area contributed by atoms with Gasteiger partial charge < -0.3 is 12.5 Å². The Balaban J connectivity index is -0.0000000600. The Bertz CT molecular complexity index is 74.3. The van der Waals surface area contributed by atoms with Crippen LogP contribution in [0.15, 0.2) is 0 Å². The van der Waals surface area contributed by atoms with Crippen LogP contribution in [-0.4, -0.2) is 50.1 Å². The van der Waals surface area contributed by atoms with Crippen molar-refractivity contribution >= 4 is 34.4 Å². The first-order valence-electron chi connectivity index (χ1n) is 1.60. The predicted molar refractivity (Wildman–Crippen MR) is 29.9 cm³/mol. The Labute approximate surface area is 68.8 Å². The third-order valence-electron chi connectivity index (χ3n) is 0.271. The van der Waals surface area contributed by atoms with Gasteiger partial charge in [0.2, 0.25) is 0 Å². The van der Waals surface area contributed by atoms with Crippen molar-refractivity contribution < 1.29 is 20.9 Å². The molecule has 0 saturated carbocycles. The van der Waals surface area contributed by atoms with Gasteiger partial charge in [0.05, 0.1) is 24.6 Å². The molecule has 0 aliphatic rings. The zero-order valence-electron chi connectivity index (χ0n) is 6.20. The molecule has 6 heteroatoms. The van der Waals surface area contributed by atoms with E-state index in [0.29, 0.717) is 0 Å². The van der Waals surface area contributed by atoms with Crippen molar-refractivity contribution in [3.05, 3.63) is 0 Å². The van der Waals surface area contributed by atoms with Crippen molar-refractivity contribution in [1.82, 2.24) is 0 Å². The number of aliphatic hydroxyl groups excluding tert-OH is 1. The zero-order valence-corrected chi connectivity index (χ0v) is 6.43. The fourth-order valence-corrected chi connectivity index (χ4v) is 0.316. The molecule has 1 atom stereocenters. The molecule has 1 N–H and O–H groups in total. The second kappa shape index (κ2) is 7.80. The van der Waals surface area contributed by atoms with Crippen LogP contribution in [-0.2, 0) is 15.5 Å². The van der Waals surface area contributed by atoms with E-state index in [1.165, 1.54) is 0 Å². The molecule has 0 heterocycles. The zero-order chi connectivity index (χ0) is 5.70. The van der Waals surface area contributed by atoms with Gasteiger partial charge in [0.25, 0.3) is 0 Å². The Morgan fingerprint density at radius 2 is 2.38 bits per heavy atom. The quantitative estimate of drug-likeness (QED) is 0.399. The average molecular weight is 151 g/mol. The molecule has 0 fully saturated rings. The Morgan fingerprint density at radius 3 is 2.50 bits per heavy atom. The van der Waals surface area contributed by atoms with Crippen LogP contribution >= 0.6 is 0 Å². The molecule has 0 rings (SSSR count). The van der Waals surface area contributed by atoms with Crippen LogP contribution in [0.25, 0.3) is 0 Å². The van der Waals surface area contributed by atoms with Gasteiger partial charge in [-0.25, -0.2) is 4.21 Å². The van der Waals surface area contributed by atoms with E-state index < -0.39 is 11.4 Å². The van der Waals surface area contributed by atoms with E-state index in [2.05, 4.69) is 4.18 Å². The molecule has 0 aromatic carbocycles. The molecule has 8 heavy (non-hydrogen) atoms. The Kier molecular flexibility index (Phi) is 11.3. The van der Waals surface area contributed by atoms with Crippen molar-refractivity contribution in [2.75, 3.05) is 13.2 Å². The van der Waals surface area contributed by atoms with Gasteiger partial charge in [0.1, 0.15) is 0 Å². The second-order valence-corrected chi connectivity index (χ2v) is 1.39. The Hall–Kier alpha value is 0.796. The van der Waals surface area contributed by atoms with Gasteiger partial charge in [-0.2, -0.15) is 0 Å². The number of aliphatic hydroxyl groups is 1. The fourth-order valence-electron chi connectivity index (χ4n) is 0.105. The summed E-state index contributed by atoms with van der Waals surface area (Å²) in [4.78, 5) is 0. The molecule has 0 amide bonds. The number of rotatable bonds is 3. The SMILES string of the molecule is O=S([O-])OCCO.[H-].[H-].[Mg+2]. The summed E-state index contributed by atoms with van der Waals surface area (Å²) in [6.45, 7) is -0.426. The van der Waals surface area contributed by atoms with Gasteiger partial charge >= 0.3 is 23.1 Å². The predicted octanol–water partition coefficient (Wildman–Crippen LogP) is -1.37. The Morgan fingerprint density at radius 1 is 1.88 bits per heavy atom. The molecule has 0 aromatic heterocycles. The van der Waals surface area contributed by atoms with Gasteiger partial charge in [-0.15, -0.1) is 0 Å². The van der Waals surface area contributed by atoms with Gasteiger partial charge in [0.15, 0.2) is 0 Å². The van der Waals surface area contributed by atoms with E-state index in [1.807, 2.05) is 0 Å². The molecular formula is C2H7MgO4S-. The standard InChI is InChI=1S/C2H6O4S.Mg.2H/c3-1-2-6-7(4)5;;;/h3H,1-2H2,(H,4,5);;;/q;+2;2*-1/p-1. The summed E-state index contributed by atoms with van der Waals surface area (Å²) in [7, 11) is 0. The van der Waals surface area contributed by atoms with Crippen molar-refractivity contribution in [3.8, 4) is 0 Å². The molecule has 0 radical (unpaired) electrons. The van der Waals surface area contributed by atoms with Gasteiger partial charge in [0, 0.05) is 0 Å². The average Bonchev–Trinajstić information content (AvgIpc) is 1.61. The largest absolute Gasteiger partial charge is 2.00 e. The summed E-state index contributed by atoms with van der Waals surface area (Å²) in [5.41, 5.74) is 0. The molecule has 0 spiro atoms. The smallest absolute Gasteiger partial charge is 1.00 e. The van der Waals surface area contributed by atoms with Crippen molar-refractivity contribution in [3.63, 3.8) is 0 Å². The minimum absolute atomic E-state index is 0. The molecule has 1 unspecified atom stereocenters. The summed E-state index contributed by atoms with van der Waals surface area (Å²) in [5, 5.41) is 7.92. The van der Waals surface area contributed by atoms with Crippen molar-refractivity contribution in [1.29, 1.82) is 0 Å². The molecule has 0 aliphatic heterocycles. The first-order valence-corrected chi connectivity index (χ1v) is 2.60. The van der Waals surface area contributed by atoms with Crippen molar-refractivity contribution in [2.45, 2.75) is 0 Å². The maximum absolute atomic E-state index is 9.42. The van der Waals surface area contributed by atoms with Gasteiger partial charge in [-0.1, -0.05) is 0 Å². The van der Waals surface area contributed by atoms with Crippen molar-refractivity contribution in [2.24, 2.45) is 0 Å². The third-order valence-corrected chi connectivity index (χ3v) is 0.630. The molecule has 0 aliphatic carbocycles. The van der Waals surface area contributed by atoms with Gasteiger partial charge in [-0.05, 0) is 0 Å². The van der Waals surface area contributed by atoms with Crippen LogP contribution < -0.4 is 0 Å². The molecular weight excluding hydrogens is 144 g/mol. The maximum Gasteiger partial charge on any atom is 2.00 e. The first kappa shape index (κ1) is 11.6. The molecule has 0 bridgehead atoms. The van der Waals surface area contributed by atoms with E-state index in [-0.39, 0.29) is 39.1 Å². The fraction of sp³-hybridized carbons (Fsp3) is 1.00. The summed E-state index contributed by atoms with van der Waals surface area (Å²) >= 11 is -2.48. The third kappa shape index (κ3) is 9.93. The summed E-state index contributed by atoms with van der Waals surface area (Å²) in [5.74, 6) is 0. The summed E-state index contributed by atoms with van der Waals surface area (Å²) < 4.78 is 22.7. The van der Waals surface area contributed by atoms with E-state index in [9.17, 15) is 8.76 Å². The maximum atomic E-state index is 9.42. The van der Waals surface area contributed by atoms with Crippen LogP contribution in [0.5, 0.6) is 0 Å². The van der Waals surface area contributed by atoms with Crippen LogP contribution in [0.4, 0.5) is 0 Å². The summed E-state index contributed by atoms with van der Waals surface area (Å²) in [6, 6.07) is 0. The minimum Gasteiger partial charge on any atom is -1.00 e. The summed E-state index contributed by atoms with van der Waals surface area (Å²) in [6.07, 6.45) is 0. The van der Waals surface area contributed by atoms with E-state index in [1.54, 1.807) is 0 Å². The van der Waals surface area contributed by atoms with Gasteiger partial charge in [-0.3, -0.25) is 4.18 Å². The van der Waals surface area contributed by atoms with E-state index >= 15 is 0 Å². The molecule has 0 aromatic rings. The normalized spacial score (nSPS) is 12.2. The molecule has 4 nitrogen and oxygen atoms in total.